The molecule has 0 atom stereocenters. The van der Waals surface area contributed by atoms with Crippen LogP contribution in [0.2, 0.25) is 0 Å². The van der Waals surface area contributed by atoms with E-state index < -0.39 is 0 Å². The van der Waals surface area contributed by atoms with E-state index in [1.54, 1.807) is 18.0 Å². The molecule has 1 N–H and O–H groups in total. The SMILES string of the molecule is C=C(C)Cn1c(SCC(=O)N/N=C\c2ccc(SC)cc2)nnc1-c1ccc(Br)cc1. The first-order valence-corrected chi connectivity index (χ1v) is 12.4. The van der Waals surface area contributed by atoms with E-state index in [0.717, 1.165) is 27.0 Å². The van der Waals surface area contributed by atoms with Gasteiger partial charge < -0.3 is 0 Å². The summed E-state index contributed by atoms with van der Waals surface area (Å²) in [6.07, 6.45) is 3.65. The molecule has 0 saturated heterocycles. The highest BCUT2D eigenvalue weighted by atomic mass is 79.9. The normalized spacial score (nSPS) is 11.1. The summed E-state index contributed by atoms with van der Waals surface area (Å²) in [4.78, 5) is 13.4. The summed E-state index contributed by atoms with van der Waals surface area (Å²) in [5, 5.41) is 13.3. The van der Waals surface area contributed by atoms with E-state index in [2.05, 4.69) is 43.2 Å². The number of carbonyl (C=O) groups excluding carboxylic acids is 1. The van der Waals surface area contributed by atoms with Crippen molar-refractivity contribution in [1.29, 1.82) is 0 Å². The van der Waals surface area contributed by atoms with Crippen LogP contribution in [0.3, 0.4) is 0 Å². The van der Waals surface area contributed by atoms with Crippen LogP contribution in [-0.2, 0) is 11.3 Å². The lowest BCUT2D eigenvalue weighted by Crippen LogP contribution is -2.20. The van der Waals surface area contributed by atoms with Gasteiger partial charge >= 0.3 is 0 Å². The van der Waals surface area contributed by atoms with Gasteiger partial charge in [-0.25, -0.2) is 5.43 Å². The number of carbonyl (C=O) groups is 1. The second-order valence-corrected chi connectivity index (χ2v) is 9.45. The fourth-order valence-electron chi connectivity index (χ4n) is 2.65. The van der Waals surface area contributed by atoms with Crippen molar-refractivity contribution < 1.29 is 4.79 Å². The maximum atomic E-state index is 12.2. The Kier molecular flexibility index (Phi) is 8.51. The molecule has 31 heavy (non-hydrogen) atoms. The number of amides is 1. The van der Waals surface area contributed by atoms with Gasteiger partial charge in [0, 0.05) is 21.5 Å². The van der Waals surface area contributed by atoms with E-state index >= 15 is 0 Å². The first-order chi connectivity index (χ1) is 15.0. The van der Waals surface area contributed by atoms with Gasteiger partial charge in [-0.1, -0.05) is 64.1 Å². The molecule has 0 radical (unpaired) electrons. The first-order valence-electron chi connectivity index (χ1n) is 9.38. The molecule has 0 bridgehead atoms. The zero-order valence-electron chi connectivity index (χ0n) is 17.2. The number of nitrogens with zero attached hydrogens (tertiary/aromatic N) is 4. The second kappa shape index (κ2) is 11.3. The molecule has 2 aromatic carbocycles. The molecule has 160 valence electrons. The molecule has 1 heterocycles. The van der Waals surface area contributed by atoms with Gasteiger partial charge in [-0.15, -0.1) is 22.0 Å². The Labute approximate surface area is 198 Å². The monoisotopic (exact) mass is 515 g/mol. The zero-order chi connectivity index (χ0) is 22.2. The van der Waals surface area contributed by atoms with Gasteiger partial charge in [-0.2, -0.15) is 5.10 Å². The van der Waals surface area contributed by atoms with Crippen LogP contribution in [0.4, 0.5) is 0 Å². The predicted molar refractivity (Wildman–Crippen MR) is 133 cm³/mol. The molecule has 6 nitrogen and oxygen atoms in total. The van der Waals surface area contributed by atoms with Crippen LogP contribution in [0, 0.1) is 0 Å². The summed E-state index contributed by atoms with van der Waals surface area (Å²) in [6, 6.07) is 15.8. The Morgan fingerprint density at radius 2 is 1.90 bits per heavy atom. The molecule has 0 saturated carbocycles. The van der Waals surface area contributed by atoms with E-state index in [1.165, 1.54) is 16.7 Å². The predicted octanol–water partition coefficient (Wildman–Crippen LogP) is 5.25. The van der Waals surface area contributed by atoms with E-state index in [-0.39, 0.29) is 11.7 Å². The summed E-state index contributed by atoms with van der Waals surface area (Å²) >= 11 is 6.44. The Bertz CT molecular complexity index is 1080. The van der Waals surface area contributed by atoms with Crippen molar-refractivity contribution in [1.82, 2.24) is 20.2 Å². The number of thioether (sulfide) groups is 2. The number of aromatic nitrogens is 3. The number of hydrogen-bond donors (Lipinski definition) is 1. The van der Waals surface area contributed by atoms with Gasteiger partial charge in [0.2, 0.25) is 0 Å². The van der Waals surface area contributed by atoms with Crippen molar-refractivity contribution in [3.05, 3.63) is 70.7 Å². The van der Waals surface area contributed by atoms with Crippen LogP contribution in [-0.4, -0.2) is 38.9 Å². The highest BCUT2D eigenvalue weighted by molar-refractivity contribution is 9.10. The molecule has 1 aromatic heterocycles. The van der Waals surface area contributed by atoms with Gasteiger partial charge in [0.15, 0.2) is 11.0 Å². The molecule has 3 rings (SSSR count). The number of benzene rings is 2. The summed E-state index contributed by atoms with van der Waals surface area (Å²) < 4.78 is 2.97. The largest absolute Gasteiger partial charge is 0.298 e. The third kappa shape index (κ3) is 6.81. The number of nitrogens with one attached hydrogen (secondary N) is 1. The molecule has 3 aromatic rings. The molecular formula is C22H22BrN5OS2. The Hall–Kier alpha value is -2.36. The van der Waals surface area contributed by atoms with E-state index in [4.69, 9.17) is 0 Å². The van der Waals surface area contributed by atoms with Crippen LogP contribution in [0.1, 0.15) is 12.5 Å². The van der Waals surface area contributed by atoms with Gasteiger partial charge in [-0.05, 0) is 43.0 Å². The van der Waals surface area contributed by atoms with E-state index in [0.29, 0.717) is 11.7 Å². The number of allylic oxidation sites excluding steroid dienone is 1. The van der Waals surface area contributed by atoms with Crippen LogP contribution >= 0.6 is 39.5 Å². The molecule has 0 unspecified atom stereocenters. The van der Waals surface area contributed by atoms with Crippen LogP contribution in [0.5, 0.6) is 0 Å². The summed E-state index contributed by atoms with van der Waals surface area (Å²) in [5.74, 6) is 0.708. The van der Waals surface area contributed by atoms with Crippen molar-refractivity contribution in [3.8, 4) is 11.4 Å². The van der Waals surface area contributed by atoms with Crippen molar-refractivity contribution in [2.45, 2.75) is 23.5 Å². The fraction of sp³-hybridized carbons (Fsp3) is 0.182. The van der Waals surface area contributed by atoms with Crippen molar-refractivity contribution in [2.24, 2.45) is 5.10 Å². The summed E-state index contributed by atoms with van der Waals surface area (Å²) in [6.45, 7) is 6.53. The van der Waals surface area contributed by atoms with Gasteiger partial charge in [0.1, 0.15) is 0 Å². The Balaban J connectivity index is 1.63. The maximum Gasteiger partial charge on any atom is 0.250 e. The number of rotatable bonds is 9. The minimum absolute atomic E-state index is 0.178. The minimum atomic E-state index is -0.211. The lowest BCUT2D eigenvalue weighted by molar-refractivity contribution is -0.118. The highest BCUT2D eigenvalue weighted by Crippen LogP contribution is 2.26. The summed E-state index contributed by atoms with van der Waals surface area (Å²) in [5.41, 5.74) is 5.40. The fourth-order valence-corrected chi connectivity index (χ4v) is 4.05. The third-order valence-corrected chi connectivity index (χ3v) is 6.34. The molecule has 0 aliphatic rings. The first kappa shape index (κ1) is 23.3. The lowest BCUT2D eigenvalue weighted by Gasteiger charge is -2.10. The topological polar surface area (TPSA) is 72.2 Å². The average molecular weight is 516 g/mol. The van der Waals surface area contributed by atoms with Crippen molar-refractivity contribution in [3.63, 3.8) is 0 Å². The van der Waals surface area contributed by atoms with Gasteiger partial charge in [-0.3, -0.25) is 9.36 Å². The standard InChI is InChI=1S/C22H22BrN5OS2/c1-15(2)13-28-21(17-6-8-18(23)9-7-17)26-27-22(28)31-14-20(29)25-24-12-16-4-10-19(30-3)11-5-16/h4-12H,1,13-14H2,2-3H3,(H,25,29)/b24-12-. The molecule has 0 fully saturated rings. The summed E-state index contributed by atoms with van der Waals surface area (Å²) in [7, 11) is 0. The van der Waals surface area contributed by atoms with Crippen LogP contribution < -0.4 is 5.43 Å². The second-order valence-electron chi connectivity index (χ2n) is 6.71. The molecular weight excluding hydrogens is 494 g/mol. The van der Waals surface area contributed by atoms with Gasteiger partial charge in [0.05, 0.1) is 12.0 Å². The van der Waals surface area contributed by atoms with E-state index in [1.807, 2.05) is 66.3 Å². The molecule has 0 spiro atoms. The quantitative estimate of drug-likeness (QED) is 0.182. The third-order valence-electron chi connectivity index (χ3n) is 4.10. The average Bonchev–Trinajstić information content (AvgIpc) is 3.15. The lowest BCUT2D eigenvalue weighted by atomic mass is 10.2. The number of hydrogen-bond acceptors (Lipinski definition) is 6. The number of halogens is 1. The van der Waals surface area contributed by atoms with Gasteiger partial charge in [0.25, 0.3) is 5.91 Å². The molecule has 1 amide bonds. The maximum absolute atomic E-state index is 12.2. The molecule has 0 aliphatic carbocycles. The number of hydrazone groups is 1. The molecule has 9 heteroatoms. The minimum Gasteiger partial charge on any atom is -0.298 e. The van der Waals surface area contributed by atoms with E-state index in [9.17, 15) is 4.79 Å². The van der Waals surface area contributed by atoms with Crippen LogP contribution in [0.15, 0.2) is 80.3 Å². The van der Waals surface area contributed by atoms with Crippen LogP contribution in [0.25, 0.3) is 11.4 Å². The smallest absolute Gasteiger partial charge is 0.250 e. The molecule has 0 aliphatic heterocycles. The highest BCUT2D eigenvalue weighted by Gasteiger charge is 2.15. The van der Waals surface area contributed by atoms with Crippen molar-refractivity contribution >= 4 is 51.6 Å². The Morgan fingerprint density at radius 3 is 2.55 bits per heavy atom. The zero-order valence-corrected chi connectivity index (χ0v) is 20.4. The Morgan fingerprint density at radius 1 is 1.19 bits per heavy atom. The van der Waals surface area contributed by atoms with Crippen molar-refractivity contribution in [2.75, 3.05) is 12.0 Å².